The monoisotopic (exact) mass is 1460 g/mol. The average molecular weight is 1470 g/mol. The van der Waals surface area contributed by atoms with Crippen LogP contribution in [0.1, 0.15) is 11.1 Å². The minimum atomic E-state index is -0.807. The van der Waals surface area contributed by atoms with Crippen LogP contribution in [-0.4, -0.2) is 106 Å². The number of hydrogen-bond acceptors (Lipinski definition) is 18. The van der Waals surface area contributed by atoms with Gasteiger partial charge in [0.25, 0.3) is 0 Å². The molecule has 3 atom stereocenters. The molecule has 3 heterocycles. The molecule has 3 N–H and O–H groups in total. The smallest absolute Gasteiger partial charge is 0.430 e. The molecule has 26 heteroatoms. The van der Waals surface area contributed by atoms with E-state index in [0.717, 1.165) is 5.56 Å². The summed E-state index contributed by atoms with van der Waals surface area (Å²) in [6, 6.07) is 9.67. The van der Waals surface area contributed by atoms with Crippen molar-refractivity contribution in [2.24, 2.45) is 9.98 Å². The van der Waals surface area contributed by atoms with E-state index in [4.69, 9.17) is 24.1 Å². The number of aliphatic imine (C=N–C) groups is 2. The fraction of sp³-hybridized carbons (Fsp3) is 0.367. The van der Waals surface area contributed by atoms with Gasteiger partial charge in [0, 0.05) is 48.6 Å². The molecule has 3 unspecified atom stereocenters. The number of isocyanates is 2. The van der Waals surface area contributed by atoms with Gasteiger partial charge in [-0.2, -0.15) is 9.98 Å². The van der Waals surface area contributed by atoms with E-state index in [2.05, 4.69) is 114 Å². The molecular formula is C30H31I6N4O16-. The summed E-state index contributed by atoms with van der Waals surface area (Å²) in [4.78, 5) is 82.3. The van der Waals surface area contributed by atoms with Crippen LogP contribution in [0.3, 0.4) is 0 Å². The molecule has 0 radical (unpaired) electrons. The minimum absolute atomic E-state index is 0. The van der Waals surface area contributed by atoms with Crippen LogP contribution in [0.2, 0.25) is 0 Å². The number of nitrogens with zero attached hydrogens (tertiary/aromatic N) is 2. The summed E-state index contributed by atoms with van der Waals surface area (Å²) in [6.07, 6.45) is -2.75. The summed E-state index contributed by atoms with van der Waals surface area (Å²) in [5.41, 5.74) is 3.18. The zero-order valence-corrected chi connectivity index (χ0v) is 41.8. The van der Waals surface area contributed by atoms with Crippen molar-refractivity contribution in [1.29, 1.82) is 0 Å². The Morgan fingerprint density at radius 1 is 0.786 bits per heavy atom. The van der Waals surface area contributed by atoms with Crippen LogP contribution in [0.25, 0.3) is 0 Å². The molecule has 310 valence electrons. The largest absolute Gasteiger partial charge is 0.508 e. The van der Waals surface area contributed by atoms with E-state index in [1.807, 2.05) is 0 Å². The standard InChI is InChI=1S/C17H18N2O10.C9H6N2O2.C4H6O4.I3.I2.HI/c1-9-2-3-10(18-14(20)24-5-11-7-26-16(22)28-11)4-13(9)19-15(21)25-6-12-8-27-17(23)29-12;1-7-2-3-8(10-5-12)4-9(7)11-6-13;5-1-3-2-7-4(6)8-3;1-3-2;1-2;/h2-4,11-12H,5-8H2,1H3,(H,18,20)(H,19,21);2-4H,1H3;3,5H,1-2H2;;;1H/q;;;-1;;. The Bertz CT molecular complexity index is 1700. The third-order valence-corrected chi connectivity index (χ3v) is 6.21. The average Bonchev–Trinajstić information content (AvgIpc) is 3.92. The van der Waals surface area contributed by atoms with Crippen LogP contribution in [0.5, 0.6) is 0 Å². The van der Waals surface area contributed by atoms with Crippen molar-refractivity contribution in [2.75, 3.05) is 50.3 Å². The first kappa shape index (κ1) is 53.9. The molecule has 3 saturated heterocycles. The van der Waals surface area contributed by atoms with Crippen LogP contribution >= 0.6 is 98.4 Å². The van der Waals surface area contributed by atoms with Crippen LogP contribution < -0.4 is 23.9 Å². The number of benzene rings is 2. The molecule has 2 aromatic rings. The Kier molecular flexibility index (Phi) is 30.6. The topological polar surface area (TPSA) is 262 Å². The Hall–Kier alpha value is -2.11. The molecule has 2 amide bonds. The Labute approximate surface area is 388 Å². The summed E-state index contributed by atoms with van der Waals surface area (Å²) in [5, 5.41) is 13.3. The predicted octanol–water partition coefficient (Wildman–Crippen LogP) is 4.77. The van der Waals surface area contributed by atoms with Crippen molar-refractivity contribution in [2.45, 2.75) is 32.2 Å². The summed E-state index contributed by atoms with van der Waals surface area (Å²) < 4.78 is 37.3. The van der Waals surface area contributed by atoms with E-state index in [-0.39, 0.29) is 63.6 Å². The molecule has 3 fully saturated rings. The normalized spacial score (nSPS) is 16.7. The molecule has 2 aromatic carbocycles. The second kappa shape index (κ2) is 31.8. The number of nitrogens with one attached hydrogen (secondary N) is 2. The third-order valence-electron chi connectivity index (χ3n) is 6.21. The molecule has 0 bridgehead atoms. The number of halogens is 6. The molecule has 0 spiro atoms. The van der Waals surface area contributed by atoms with Gasteiger partial charge in [0.05, 0.1) is 18.0 Å². The van der Waals surface area contributed by atoms with Gasteiger partial charge in [0.15, 0.2) is 18.3 Å². The maximum Gasteiger partial charge on any atom is 0.508 e. The van der Waals surface area contributed by atoms with Gasteiger partial charge in [-0.15, -0.1) is 24.0 Å². The number of aryl methyl sites for hydroxylation is 2. The number of cyclic esters (lactones) is 6. The number of aliphatic hydroxyl groups is 1. The molecule has 3 aliphatic rings. The predicted molar refractivity (Wildman–Crippen MR) is 235 cm³/mol. The maximum absolute atomic E-state index is 11.9. The van der Waals surface area contributed by atoms with Crippen molar-refractivity contribution < 1.29 is 89.8 Å². The number of hydrogen-bond donors (Lipinski definition) is 3. The first-order chi connectivity index (χ1) is 26.4. The van der Waals surface area contributed by atoms with Gasteiger partial charge in [0.1, 0.15) is 33.0 Å². The van der Waals surface area contributed by atoms with Crippen LogP contribution in [0.15, 0.2) is 46.4 Å². The van der Waals surface area contributed by atoms with E-state index < -0.39 is 49.0 Å². The molecule has 5 rings (SSSR count). The number of carbonyl (C=O) groups excluding carboxylic acids is 7. The molecule has 0 aliphatic carbocycles. The van der Waals surface area contributed by atoms with Crippen molar-refractivity contribution in [3.8, 4) is 0 Å². The molecular weight excluding hydrogens is 1430 g/mol. The Balaban J connectivity index is 0.000000920. The number of anilines is 2. The van der Waals surface area contributed by atoms with Gasteiger partial charge in [-0.25, -0.2) is 33.6 Å². The summed E-state index contributed by atoms with van der Waals surface area (Å²) in [5.74, 6) is 0. The quantitative estimate of drug-likeness (QED) is 0.100. The SMILES string of the molecule is Cc1ccc(N=C=O)cc1N=C=O.Cc1ccc(NC(=O)OCC2COC(=O)O2)cc1NC(=O)OCC1COC(=O)O1.I.II.I[I-]I.O=C1OCC(CO)O1. The van der Waals surface area contributed by atoms with Gasteiger partial charge >= 0.3 is 81.1 Å². The van der Waals surface area contributed by atoms with Crippen molar-refractivity contribution in [3.05, 3.63) is 47.5 Å². The van der Waals surface area contributed by atoms with E-state index in [9.17, 15) is 33.6 Å². The molecule has 0 saturated carbocycles. The zero-order valence-electron chi connectivity index (χ0n) is 28.7. The maximum atomic E-state index is 11.9. The Morgan fingerprint density at radius 3 is 1.68 bits per heavy atom. The second-order valence-corrected chi connectivity index (χ2v) is 26.2. The van der Waals surface area contributed by atoms with Crippen LogP contribution in [0.4, 0.5) is 46.7 Å². The van der Waals surface area contributed by atoms with Crippen molar-refractivity contribution in [3.63, 3.8) is 0 Å². The van der Waals surface area contributed by atoms with Gasteiger partial charge in [-0.05, 0) is 49.2 Å². The fourth-order valence-electron chi connectivity index (χ4n) is 3.71. The first-order valence-electron chi connectivity index (χ1n) is 14.8. The van der Waals surface area contributed by atoms with Gasteiger partial charge in [-0.3, -0.25) is 10.6 Å². The fourth-order valence-corrected chi connectivity index (χ4v) is 3.71. The molecule has 20 nitrogen and oxygen atoms in total. The molecule has 3 aliphatic heterocycles. The van der Waals surface area contributed by atoms with E-state index >= 15 is 0 Å². The van der Waals surface area contributed by atoms with Crippen LogP contribution in [0, 0.1) is 13.8 Å². The third kappa shape index (κ3) is 22.7. The number of amides is 2. The number of rotatable bonds is 9. The Morgan fingerprint density at radius 2 is 1.25 bits per heavy atom. The van der Waals surface area contributed by atoms with Gasteiger partial charge < -0.3 is 43.0 Å². The van der Waals surface area contributed by atoms with Gasteiger partial charge in [-0.1, -0.05) is 12.1 Å². The first-order valence-corrected chi connectivity index (χ1v) is 33.6. The van der Waals surface area contributed by atoms with Crippen molar-refractivity contribution in [1.82, 2.24) is 0 Å². The second-order valence-electron chi connectivity index (χ2n) is 9.99. The van der Waals surface area contributed by atoms with Crippen molar-refractivity contribution >= 4 is 164 Å². The van der Waals surface area contributed by atoms with E-state index in [0.29, 0.717) is 41.6 Å². The molecule has 0 aromatic heterocycles. The zero-order chi connectivity index (χ0) is 41.2. The summed E-state index contributed by atoms with van der Waals surface area (Å²) in [6.45, 7) is 3.27. The number of carbonyl (C=O) groups is 5. The van der Waals surface area contributed by atoms with Gasteiger partial charge in [0.2, 0.25) is 12.2 Å². The number of ether oxygens (including phenoxy) is 8. The summed E-state index contributed by atoms with van der Waals surface area (Å²) in [7, 11) is 0. The number of aliphatic hydroxyl groups excluding tert-OH is 1. The van der Waals surface area contributed by atoms with E-state index in [1.165, 1.54) is 24.3 Å². The molecule has 56 heavy (non-hydrogen) atoms. The van der Waals surface area contributed by atoms with Crippen LogP contribution in [-0.2, 0) is 47.5 Å². The minimum Gasteiger partial charge on any atom is -0.430 e. The summed E-state index contributed by atoms with van der Waals surface area (Å²) >= 11 is 9.54. The van der Waals surface area contributed by atoms with E-state index in [1.54, 1.807) is 38.1 Å².